The number of likely N-dealkylation sites (tertiary alicyclic amines) is 1. The van der Waals surface area contributed by atoms with E-state index in [0.29, 0.717) is 24.0 Å². The van der Waals surface area contributed by atoms with Gasteiger partial charge in [0.25, 0.3) is 0 Å². The van der Waals surface area contributed by atoms with Gasteiger partial charge in [-0.3, -0.25) is 4.79 Å². The first-order chi connectivity index (χ1) is 18.5. The van der Waals surface area contributed by atoms with Crippen molar-refractivity contribution >= 4 is 38.4 Å². The first-order valence-electron chi connectivity index (χ1n) is 12.9. The second-order valence-corrected chi connectivity index (χ2v) is 12.2. The minimum Gasteiger partial charge on any atom is -0.491 e. The maximum Gasteiger partial charge on any atom is 0.335 e. The maximum absolute atomic E-state index is 13.6. The van der Waals surface area contributed by atoms with E-state index in [1.54, 1.807) is 35.2 Å². The van der Waals surface area contributed by atoms with Crippen LogP contribution in [0.15, 0.2) is 65.6 Å². The Hall–Kier alpha value is -3.63. The van der Waals surface area contributed by atoms with E-state index in [2.05, 4.69) is 4.72 Å². The number of sulfonamides is 1. The monoisotopic (exact) mass is 553 g/mol. The van der Waals surface area contributed by atoms with Crippen LogP contribution in [0.2, 0.25) is 0 Å². The van der Waals surface area contributed by atoms with Crippen LogP contribution in [-0.2, 0) is 14.8 Å². The van der Waals surface area contributed by atoms with E-state index in [4.69, 9.17) is 9.84 Å². The van der Waals surface area contributed by atoms with Gasteiger partial charge >= 0.3 is 5.97 Å². The summed E-state index contributed by atoms with van der Waals surface area (Å²) >= 11 is 0. The first kappa shape index (κ1) is 28.4. The summed E-state index contributed by atoms with van der Waals surface area (Å²) in [5.74, 6) is -0.447. The number of nitrogens with zero attached hydrogens (tertiary/aromatic N) is 2. The zero-order valence-electron chi connectivity index (χ0n) is 22.6. The summed E-state index contributed by atoms with van der Waals surface area (Å²) in [6, 6.07) is 16.1. The Bertz CT molecular complexity index is 1450. The summed E-state index contributed by atoms with van der Waals surface area (Å²) in [6.45, 7) is 4.33. The van der Waals surface area contributed by atoms with Crippen molar-refractivity contribution in [2.24, 2.45) is 5.92 Å². The number of aromatic carboxylic acids is 1. The van der Waals surface area contributed by atoms with Gasteiger partial charge in [-0.05, 0) is 48.7 Å². The lowest BCUT2D eigenvalue weighted by Crippen LogP contribution is -2.41. The number of fused-ring (bicyclic) bond motifs is 1. The summed E-state index contributed by atoms with van der Waals surface area (Å²) in [5, 5.41) is 10.6. The molecule has 3 aromatic rings. The molecule has 3 aromatic carbocycles. The van der Waals surface area contributed by atoms with E-state index in [9.17, 15) is 18.0 Å². The molecule has 0 unspecified atom stereocenters. The molecule has 9 nitrogen and oxygen atoms in total. The highest BCUT2D eigenvalue weighted by Gasteiger charge is 2.38. The molecule has 2 N–H and O–H groups in total. The van der Waals surface area contributed by atoms with Gasteiger partial charge in [0.2, 0.25) is 15.9 Å². The van der Waals surface area contributed by atoms with Crippen molar-refractivity contribution < 1.29 is 27.9 Å². The Morgan fingerprint density at radius 1 is 1.05 bits per heavy atom. The fourth-order valence-corrected chi connectivity index (χ4v) is 6.45. The average Bonchev–Trinajstić information content (AvgIpc) is 3.28. The normalized spacial score (nSPS) is 17.5. The molecule has 1 aliphatic heterocycles. The van der Waals surface area contributed by atoms with E-state index in [1.165, 1.54) is 12.1 Å². The van der Waals surface area contributed by atoms with Crippen molar-refractivity contribution in [3.05, 3.63) is 66.2 Å². The number of carbonyl (C=O) groups is 2. The van der Waals surface area contributed by atoms with Gasteiger partial charge in [-0.25, -0.2) is 17.9 Å². The van der Waals surface area contributed by atoms with Crippen LogP contribution in [0.3, 0.4) is 0 Å². The van der Waals surface area contributed by atoms with Gasteiger partial charge < -0.3 is 19.6 Å². The van der Waals surface area contributed by atoms with Crippen LogP contribution in [0.4, 0.5) is 5.69 Å². The molecule has 1 amide bonds. The van der Waals surface area contributed by atoms with Crippen molar-refractivity contribution in [3.63, 3.8) is 0 Å². The lowest BCUT2D eigenvalue weighted by atomic mass is 10.1. The fourth-order valence-electron chi connectivity index (χ4n) is 4.99. The van der Waals surface area contributed by atoms with E-state index >= 15 is 0 Å². The molecule has 0 saturated carbocycles. The molecule has 10 heteroatoms. The average molecular weight is 554 g/mol. The Kier molecular flexibility index (Phi) is 8.46. The maximum atomic E-state index is 13.6. The fraction of sp³-hybridized carbons (Fsp3) is 0.379. The van der Waals surface area contributed by atoms with Gasteiger partial charge in [-0.1, -0.05) is 38.1 Å². The summed E-state index contributed by atoms with van der Waals surface area (Å²) in [4.78, 5) is 28.0. The van der Waals surface area contributed by atoms with Gasteiger partial charge in [0.1, 0.15) is 12.4 Å². The molecule has 4 rings (SSSR count). The van der Waals surface area contributed by atoms with Crippen LogP contribution in [0.1, 0.15) is 37.0 Å². The van der Waals surface area contributed by atoms with E-state index in [0.717, 1.165) is 11.1 Å². The molecule has 1 saturated heterocycles. The molecule has 0 bridgehead atoms. The number of ether oxygens (including phenoxy) is 1. The number of hydrogen-bond donors (Lipinski definition) is 2. The number of carbonyl (C=O) groups excluding carboxylic acids is 1. The summed E-state index contributed by atoms with van der Waals surface area (Å²) in [5.41, 5.74) is 1.07. The molecule has 0 radical (unpaired) electrons. The lowest BCUT2D eigenvalue weighted by Gasteiger charge is -2.25. The van der Waals surface area contributed by atoms with Crippen LogP contribution in [0.5, 0.6) is 5.75 Å². The highest BCUT2D eigenvalue weighted by molar-refractivity contribution is 7.89. The molecule has 0 spiro atoms. The molecule has 1 heterocycles. The Labute approximate surface area is 229 Å². The smallest absolute Gasteiger partial charge is 0.335 e. The van der Waals surface area contributed by atoms with Gasteiger partial charge in [-0.2, -0.15) is 0 Å². The predicted molar refractivity (Wildman–Crippen MR) is 151 cm³/mol. The van der Waals surface area contributed by atoms with Crippen molar-refractivity contribution in [1.82, 2.24) is 9.62 Å². The number of rotatable bonds is 10. The first-order valence-corrected chi connectivity index (χ1v) is 14.4. The van der Waals surface area contributed by atoms with Gasteiger partial charge in [0, 0.05) is 49.6 Å². The minimum atomic E-state index is -3.89. The van der Waals surface area contributed by atoms with Crippen molar-refractivity contribution in [2.75, 3.05) is 32.1 Å². The topological polar surface area (TPSA) is 116 Å². The van der Waals surface area contributed by atoms with Crippen LogP contribution in [0.25, 0.3) is 10.8 Å². The van der Waals surface area contributed by atoms with E-state index in [-0.39, 0.29) is 41.5 Å². The highest BCUT2D eigenvalue weighted by Crippen LogP contribution is 2.31. The second kappa shape index (κ2) is 11.6. The Balaban J connectivity index is 1.54. The summed E-state index contributed by atoms with van der Waals surface area (Å²) in [7, 11) is -0.0615. The minimum absolute atomic E-state index is 0.0534. The van der Waals surface area contributed by atoms with E-state index < -0.39 is 22.0 Å². The molecule has 39 heavy (non-hydrogen) atoms. The van der Waals surface area contributed by atoms with Crippen molar-refractivity contribution in [1.29, 1.82) is 0 Å². The van der Waals surface area contributed by atoms with Crippen LogP contribution in [0, 0.1) is 5.92 Å². The number of amides is 1. The van der Waals surface area contributed by atoms with Gasteiger partial charge in [0.05, 0.1) is 16.5 Å². The lowest BCUT2D eigenvalue weighted by molar-refractivity contribution is -0.133. The van der Waals surface area contributed by atoms with Gasteiger partial charge in [0.15, 0.2) is 0 Å². The molecule has 0 aliphatic carbocycles. The predicted octanol–water partition coefficient (Wildman–Crippen LogP) is 3.98. The number of anilines is 1. The molecular weight excluding hydrogens is 518 g/mol. The quantitative estimate of drug-likeness (QED) is 0.390. The van der Waals surface area contributed by atoms with Crippen LogP contribution < -0.4 is 14.4 Å². The number of benzene rings is 3. The van der Waals surface area contributed by atoms with Crippen LogP contribution in [-0.4, -0.2) is 69.6 Å². The number of carboxylic acid groups (broad SMARTS) is 1. The Morgan fingerprint density at radius 2 is 1.72 bits per heavy atom. The largest absolute Gasteiger partial charge is 0.491 e. The number of hydrogen-bond acceptors (Lipinski definition) is 6. The Morgan fingerprint density at radius 3 is 2.36 bits per heavy atom. The molecule has 1 fully saturated rings. The standard InChI is InChI=1S/C29H35N3O6S/c1-19(2)15-28(33)32-17-21(16-22(32)18-38-23-13-11-20(12-14-23)29(34)35)30-39(36,37)27-10-6-7-24-25(27)8-5-9-26(24)31(3)4/h5-14,19,21-22,30H,15-18H2,1-4H3,(H,34,35)/t21-,22-/m0/s1. The summed E-state index contributed by atoms with van der Waals surface area (Å²) in [6.07, 6.45) is 0.740. The highest BCUT2D eigenvalue weighted by atomic mass is 32.2. The SMILES string of the molecule is CC(C)CC(=O)N1C[C@@H](NS(=O)(=O)c2cccc3c(N(C)C)cccc23)C[C@H]1COc1ccc(C(=O)O)cc1. The molecular formula is C29H35N3O6S. The van der Waals surface area contributed by atoms with Crippen molar-refractivity contribution in [2.45, 2.75) is 43.7 Å². The third kappa shape index (κ3) is 6.51. The van der Waals surface area contributed by atoms with Gasteiger partial charge in [-0.15, -0.1) is 0 Å². The molecule has 0 aromatic heterocycles. The molecule has 208 valence electrons. The third-order valence-corrected chi connectivity index (χ3v) is 8.39. The van der Waals surface area contributed by atoms with Crippen molar-refractivity contribution in [3.8, 4) is 5.75 Å². The molecule has 2 atom stereocenters. The number of nitrogens with one attached hydrogen (secondary N) is 1. The zero-order chi connectivity index (χ0) is 28.3. The molecule has 1 aliphatic rings. The summed E-state index contributed by atoms with van der Waals surface area (Å²) < 4.78 is 35.9. The zero-order valence-corrected chi connectivity index (χ0v) is 23.4. The number of carboxylic acids is 1. The van der Waals surface area contributed by atoms with Crippen LogP contribution >= 0.6 is 0 Å². The second-order valence-electron chi connectivity index (χ2n) is 10.5. The van der Waals surface area contributed by atoms with E-state index in [1.807, 2.05) is 51.0 Å². The third-order valence-electron chi connectivity index (χ3n) is 6.81.